The van der Waals surface area contributed by atoms with Crippen LogP contribution in [0.1, 0.15) is 6.42 Å². The van der Waals surface area contributed by atoms with Crippen molar-refractivity contribution in [3.8, 4) is 17.7 Å². The molecular formula is C17H14N4O3S. The number of amides is 1. The number of thioether (sulfide) groups is 1. The summed E-state index contributed by atoms with van der Waals surface area (Å²) in [5.74, 6) is 0.735. The molecule has 7 nitrogen and oxygen atoms in total. The molecule has 3 aromatic rings. The number of rotatable bonds is 7. The highest BCUT2D eigenvalue weighted by atomic mass is 32.2. The minimum absolute atomic E-state index is 0.125. The summed E-state index contributed by atoms with van der Waals surface area (Å²) in [7, 11) is 0. The lowest BCUT2D eigenvalue weighted by atomic mass is 10.2. The highest BCUT2D eigenvalue weighted by Gasteiger charge is 2.18. The van der Waals surface area contributed by atoms with E-state index in [2.05, 4.69) is 16.3 Å². The first kappa shape index (κ1) is 16.8. The molecular weight excluding hydrogens is 340 g/mol. The molecule has 3 rings (SSSR count). The van der Waals surface area contributed by atoms with Crippen molar-refractivity contribution in [1.82, 2.24) is 10.2 Å². The van der Waals surface area contributed by atoms with E-state index in [9.17, 15) is 4.79 Å². The zero-order valence-electron chi connectivity index (χ0n) is 13.2. The molecule has 0 saturated heterocycles. The lowest BCUT2D eigenvalue weighted by Gasteiger charge is -2.21. The smallest absolute Gasteiger partial charge is 0.284 e. The first-order valence-corrected chi connectivity index (χ1v) is 8.49. The van der Waals surface area contributed by atoms with Crippen LogP contribution in [0, 0.1) is 11.3 Å². The maximum absolute atomic E-state index is 12.5. The number of anilines is 1. The summed E-state index contributed by atoms with van der Waals surface area (Å²) in [5.41, 5.74) is 0.755. The standard InChI is InChI=1S/C17H14N4O3S/c18-9-5-10-21(13-6-2-1-3-7-13)15(22)12-25-17-20-19-16(24-17)14-8-4-11-23-14/h1-4,6-8,11H,5,10,12H2. The van der Waals surface area contributed by atoms with Crippen molar-refractivity contribution in [1.29, 1.82) is 5.26 Å². The van der Waals surface area contributed by atoms with Crippen molar-refractivity contribution in [3.05, 3.63) is 48.7 Å². The van der Waals surface area contributed by atoms with E-state index < -0.39 is 0 Å². The Morgan fingerprint density at radius 1 is 1.20 bits per heavy atom. The molecule has 126 valence electrons. The molecule has 2 aromatic heterocycles. The van der Waals surface area contributed by atoms with Gasteiger partial charge in [-0.1, -0.05) is 30.0 Å². The highest BCUT2D eigenvalue weighted by molar-refractivity contribution is 7.99. The third-order valence-electron chi connectivity index (χ3n) is 3.27. The molecule has 25 heavy (non-hydrogen) atoms. The van der Waals surface area contributed by atoms with Gasteiger partial charge >= 0.3 is 0 Å². The Morgan fingerprint density at radius 3 is 2.76 bits per heavy atom. The van der Waals surface area contributed by atoms with E-state index in [4.69, 9.17) is 14.1 Å². The van der Waals surface area contributed by atoms with Gasteiger partial charge in [-0.05, 0) is 24.3 Å². The second-order valence-electron chi connectivity index (χ2n) is 4.93. The number of nitrogens with zero attached hydrogens (tertiary/aromatic N) is 4. The van der Waals surface area contributed by atoms with Crippen LogP contribution in [0.4, 0.5) is 5.69 Å². The Morgan fingerprint density at radius 2 is 2.04 bits per heavy atom. The van der Waals surface area contributed by atoms with E-state index in [1.807, 2.05) is 30.3 Å². The molecule has 0 radical (unpaired) electrons. The predicted molar refractivity (Wildman–Crippen MR) is 91.7 cm³/mol. The second-order valence-corrected chi connectivity index (χ2v) is 5.85. The average molecular weight is 354 g/mol. The number of hydrogen-bond acceptors (Lipinski definition) is 7. The maximum atomic E-state index is 12.5. The van der Waals surface area contributed by atoms with Crippen molar-refractivity contribution in [3.63, 3.8) is 0 Å². The molecule has 0 unspecified atom stereocenters. The monoisotopic (exact) mass is 354 g/mol. The quantitative estimate of drug-likeness (QED) is 0.600. The Balaban J connectivity index is 1.64. The van der Waals surface area contributed by atoms with E-state index in [1.165, 1.54) is 6.26 Å². The van der Waals surface area contributed by atoms with E-state index in [0.717, 1.165) is 17.4 Å². The summed E-state index contributed by atoms with van der Waals surface area (Å²) in [4.78, 5) is 14.1. The van der Waals surface area contributed by atoms with Crippen LogP contribution in [0.15, 0.2) is 62.8 Å². The van der Waals surface area contributed by atoms with Gasteiger partial charge < -0.3 is 13.7 Å². The van der Waals surface area contributed by atoms with Crippen molar-refractivity contribution in [2.75, 3.05) is 17.2 Å². The number of furan rings is 1. The molecule has 0 N–H and O–H groups in total. The van der Waals surface area contributed by atoms with Crippen LogP contribution in [-0.4, -0.2) is 28.4 Å². The van der Waals surface area contributed by atoms with E-state index >= 15 is 0 Å². The summed E-state index contributed by atoms with van der Waals surface area (Å²) in [6, 6.07) is 14.7. The van der Waals surface area contributed by atoms with Gasteiger partial charge in [0.2, 0.25) is 5.91 Å². The number of para-hydroxylation sites is 1. The Kier molecular flexibility index (Phi) is 5.49. The van der Waals surface area contributed by atoms with Gasteiger partial charge in [0.25, 0.3) is 11.1 Å². The van der Waals surface area contributed by atoms with Crippen LogP contribution in [0.2, 0.25) is 0 Å². The zero-order valence-corrected chi connectivity index (χ0v) is 14.0. The maximum Gasteiger partial charge on any atom is 0.284 e. The molecule has 0 atom stereocenters. The fraction of sp³-hybridized carbons (Fsp3) is 0.176. The van der Waals surface area contributed by atoms with Gasteiger partial charge in [0.1, 0.15) is 0 Å². The van der Waals surface area contributed by atoms with Gasteiger partial charge in [0, 0.05) is 12.2 Å². The minimum atomic E-state index is -0.135. The molecule has 2 heterocycles. The lowest BCUT2D eigenvalue weighted by Crippen LogP contribution is -2.33. The van der Waals surface area contributed by atoms with Crippen molar-refractivity contribution in [2.45, 2.75) is 11.6 Å². The molecule has 0 fully saturated rings. The van der Waals surface area contributed by atoms with Crippen LogP contribution in [0.25, 0.3) is 11.7 Å². The molecule has 0 spiro atoms. The number of nitriles is 1. The normalized spacial score (nSPS) is 10.4. The summed E-state index contributed by atoms with van der Waals surface area (Å²) in [6.45, 7) is 0.335. The number of carbonyl (C=O) groups is 1. The van der Waals surface area contributed by atoms with E-state index in [-0.39, 0.29) is 29.2 Å². The molecule has 8 heteroatoms. The van der Waals surface area contributed by atoms with E-state index in [0.29, 0.717) is 12.3 Å². The molecule has 1 amide bonds. The van der Waals surface area contributed by atoms with Gasteiger partial charge in [0.15, 0.2) is 5.76 Å². The van der Waals surface area contributed by atoms with Crippen LogP contribution in [-0.2, 0) is 4.79 Å². The third kappa shape index (κ3) is 4.28. The largest absolute Gasteiger partial charge is 0.459 e. The number of benzene rings is 1. The minimum Gasteiger partial charge on any atom is -0.459 e. The van der Waals surface area contributed by atoms with Gasteiger partial charge in [-0.25, -0.2) is 0 Å². The molecule has 0 aliphatic carbocycles. The highest BCUT2D eigenvalue weighted by Crippen LogP contribution is 2.24. The van der Waals surface area contributed by atoms with Gasteiger partial charge in [-0.3, -0.25) is 4.79 Å². The first-order valence-electron chi connectivity index (χ1n) is 7.50. The van der Waals surface area contributed by atoms with Gasteiger partial charge in [0.05, 0.1) is 24.5 Å². The molecule has 0 saturated carbocycles. The zero-order chi connectivity index (χ0) is 17.5. The summed E-state index contributed by atoms with van der Waals surface area (Å²) >= 11 is 1.15. The third-order valence-corrected chi connectivity index (χ3v) is 4.08. The van der Waals surface area contributed by atoms with Crippen LogP contribution >= 0.6 is 11.8 Å². The molecule has 0 aliphatic rings. The van der Waals surface area contributed by atoms with Gasteiger partial charge in [-0.15, -0.1) is 10.2 Å². The fourth-order valence-corrected chi connectivity index (χ4v) is 2.78. The van der Waals surface area contributed by atoms with Gasteiger partial charge in [-0.2, -0.15) is 5.26 Å². The second kappa shape index (κ2) is 8.17. The van der Waals surface area contributed by atoms with Crippen LogP contribution in [0.3, 0.4) is 0 Å². The summed E-state index contributed by atoms with van der Waals surface area (Å²) in [5, 5.41) is 16.9. The topological polar surface area (TPSA) is 96.2 Å². The lowest BCUT2D eigenvalue weighted by molar-refractivity contribution is -0.116. The number of hydrogen-bond donors (Lipinski definition) is 0. The number of carbonyl (C=O) groups excluding carboxylic acids is 1. The van der Waals surface area contributed by atoms with Crippen molar-refractivity contribution in [2.24, 2.45) is 0 Å². The average Bonchev–Trinajstić information content (AvgIpc) is 3.32. The van der Waals surface area contributed by atoms with E-state index in [1.54, 1.807) is 17.0 Å². The molecule has 0 aliphatic heterocycles. The van der Waals surface area contributed by atoms with Crippen molar-refractivity contribution >= 4 is 23.4 Å². The molecule has 1 aromatic carbocycles. The predicted octanol–water partition coefficient (Wildman–Crippen LogP) is 3.37. The Hall–Kier alpha value is -3.05. The number of aromatic nitrogens is 2. The molecule has 0 bridgehead atoms. The van der Waals surface area contributed by atoms with Crippen molar-refractivity contribution < 1.29 is 13.6 Å². The first-order chi connectivity index (χ1) is 12.3. The van der Waals surface area contributed by atoms with Crippen LogP contribution in [0.5, 0.6) is 0 Å². The Bertz CT molecular complexity index is 856. The summed E-state index contributed by atoms with van der Waals surface area (Å²) < 4.78 is 10.7. The summed E-state index contributed by atoms with van der Waals surface area (Å²) in [6.07, 6.45) is 1.78. The van der Waals surface area contributed by atoms with Crippen LogP contribution < -0.4 is 4.90 Å². The fourth-order valence-electron chi connectivity index (χ4n) is 2.14. The Labute approximate surface area is 148 Å². The SMILES string of the molecule is N#CCCN(C(=O)CSc1nnc(-c2ccco2)o1)c1ccccc1.